The van der Waals surface area contributed by atoms with Gasteiger partial charge in [0.1, 0.15) is 0 Å². The number of hydrogen-bond acceptors (Lipinski definition) is 4. The molecular weight excluding hydrogens is 292 g/mol. The number of carbonyl (C=O) groups is 1. The van der Waals surface area contributed by atoms with Crippen molar-refractivity contribution in [2.45, 2.75) is 13.0 Å². The van der Waals surface area contributed by atoms with E-state index in [1.165, 1.54) is 0 Å². The SMILES string of the molecule is CN(CC(=O)N(C)C)Cc1cc(Cl)c2c(c1)OCCCO2. The number of carbonyl (C=O) groups excluding carboxylic acids is 1. The van der Waals surface area contributed by atoms with E-state index in [0.717, 1.165) is 12.0 Å². The zero-order valence-corrected chi connectivity index (χ0v) is 13.4. The first-order valence-electron chi connectivity index (χ1n) is 6.94. The normalized spacial score (nSPS) is 14.0. The summed E-state index contributed by atoms with van der Waals surface area (Å²) in [6, 6.07) is 3.80. The lowest BCUT2D eigenvalue weighted by atomic mass is 10.2. The Kier molecular flexibility index (Phi) is 5.31. The molecule has 1 heterocycles. The summed E-state index contributed by atoms with van der Waals surface area (Å²) in [6.07, 6.45) is 0.845. The fraction of sp³-hybridized carbons (Fsp3) is 0.533. The van der Waals surface area contributed by atoms with E-state index in [-0.39, 0.29) is 5.91 Å². The van der Waals surface area contributed by atoms with Gasteiger partial charge in [-0.1, -0.05) is 11.6 Å². The molecule has 1 amide bonds. The molecular formula is C15H21ClN2O3. The van der Waals surface area contributed by atoms with Crippen LogP contribution in [-0.2, 0) is 11.3 Å². The smallest absolute Gasteiger partial charge is 0.236 e. The first kappa shape index (κ1) is 15.9. The Hall–Kier alpha value is -1.46. The lowest BCUT2D eigenvalue weighted by Gasteiger charge is -2.20. The summed E-state index contributed by atoms with van der Waals surface area (Å²) in [5.41, 5.74) is 0.998. The molecule has 0 N–H and O–H groups in total. The molecule has 1 aliphatic rings. The number of halogens is 1. The van der Waals surface area contributed by atoms with Gasteiger partial charge in [-0.15, -0.1) is 0 Å². The van der Waals surface area contributed by atoms with Gasteiger partial charge in [0.15, 0.2) is 11.5 Å². The van der Waals surface area contributed by atoms with Crippen LogP contribution in [0.5, 0.6) is 11.5 Å². The van der Waals surface area contributed by atoms with Gasteiger partial charge in [0.25, 0.3) is 0 Å². The minimum absolute atomic E-state index is 0.0675. The van der Waals surface area contributed by atoms with Crippen LogP contribution in [0.1, 0.15) is 12.0 Å². The van der Waals surface area contributed by atoms with Crippen LogP contribution in [0.3, 0.4) is 0 Å². The maximum Gasteiger partial charge on any atom is 0.236 e. The molecule has 116 valence electrons. The first-order chi connectivity index (χ1) is 9.97. The number of benzene rings is 1. The largest absolute Gasteiger partial charge is 0.489 e. The molecule has 0 aliphatic carbocycles. The van der Waals surface area contributed by atoms with E-state index in [4.69, 9.17) is 21.1 Å². The van der Waals surface area contributed by atoms with Crippen molar-refractivity contribution in [2.24, 2.45) is 0 Å². The zero-order valence-electron chi connectivity index (χ0n) is 12.7. The van der Waals surface area contributed by atoms with Crippen LogP contribution in [0, 0.1) is 0 Å². The van der Waals surface area contributed by atoms with E-state index in [1.54, 1.807) is 19.0 Å². The van der Waals surface area contributed by atoms with E-state index < -0.39 is 0 Å². The van der Waals surface area contributed by atoms with E-state index in [9.17, 15) is 4.79 Å². The van der Waals surface area contributed by atoms with Crippen LogP contribution >= 0.6 is 11.6 Å². The molecule has 2 rings (SSSR count). The molecule has 0 saturated carbocycles. The van der Waals surface area contributed by atoms with Crippen molar-refractivity contribution in [3.63, 3.8) is 0 Å². The lowest BCUT2D eigenvalue weighted by Crippen LogP contribution is -2.34. The number of amides is 1. The Morgan fingerprint density at radius 2 is 1.95 bits per heavy atom. The summed E-state index contributed by atoms with van der Waals surface area (Å²) in [5.74, 6) is 1.37. The Labute approximate surface area is 130 Å². The topological polar surface area (TPSA) is 42.0 Å². The van der Waals surface area contributed by atoms with Crippen molar-refractivity contribution in [1.82, 2.24) is 9.80 Å². The summed E-state index contributed by atoms with van der Waals surface area (Å²) < 4.78 is 11.3. The second-order valence-corrected chi connectivity index (χ2v) is 5.82. The third-order valence-corrected chi connectivity index (χ3v) is 3.50. The Morgan fingerprint density at radius 3 is 2.67 bits per heavy atom. The van der Waals surface area contributed by atoms with Crippen LogP contribution in [0.4, 0.5) is 0 Å². The van der Waals surface area contributed by atoms with E-state index in [0.29, 0.717) is 42.8 Å². The molecule has 0 radical (unpaired) electrons. The van der Waals surface area contributed by atoms with Crippen LogP contribution in [0.15, 0.2) is 12.1 Å². The monoisotopic (exact) mass is 312 g/mol. The molecule has 0 aromatic heterocycles. The highest BCUT2D eigenvalue weighted by Gasteiger charge is 2.17. The van der Waals surface area contributed by atoms with Crippen molar-refractivity contribution >= 4 is 17.5 Å². The molecule has 1 aromatic rings. The predicted molar refractivity (Wildman–Crippen MR) is 82.1 cm³/mol. The molecule has 5 nitrogen and oxygen atoms in total. The van der Waals surface area contributed by atoms with Crippen LogP contribution in [0.2, 0.25) is 5.02 Å². The molecule has 0 spiro atoms. The Balaban J connectivity index is 2.09. The summed E-state index contributed by atoms with van der Waals surface area (Å²) in [4.78, 5) is 15.2. The second-order valence-electron chi connectivity index (χ2n) is 5.42. The van der Waals surface area contributed by atoms with Crippen LogP contribution in [0.25, 0.3) is 0 Å². The summed E-state index contributed by atoms with van der Waals surface area (Å²) >= 11 is 6.26. The van der Waals surface area contributed by atoms with Gasteiger partial charge in [0.05, 0.1) is 24.8 Å². The van der Waals surface area contributed by atoms with Crippen molar-refractivity contribution in [2.75, 3.05) is 40.9 Å². The fourth-order valence-corrected chi connectivity index (χ4v) is 2.40. The Bertz CT molecular complexity index is 520. The van der Waals surface area contributed by atoms with E-state index >= 15 is 0 Å². The average Bonchev–Trinajstić information content (AvgIpc) is 2.63. The number of fused-ring (bicyclic) bond motifs is 1. The predicted octanol–water partition coefficient (Wildman–Crippen LogP) is 2.02. The van der Waals surface area contributed by atoms with Crippen molar-refractivity contribution in [3.05, 3.63) is 22.7 Å². The summed E-state index contributed by atoms with van der Waals surface area (Å²) in [5, 5.41) is 0.553. The molecule has 0 atom stereocenters. The number of rotatable bonds is 4. The highest BCUT2D eigenvalue weighted by molar-refractivity contribution is 6.32. The molecule has 1 aliphatic heterocycles. The van der Waals surface area contributed by atoms with Gasteiger partial charge in [0, 0.05) is 27.1 Å². The third kappa shape index (κ3) is 4.25. The molecule has 0 saturated heterocycles. The third-order valence-electron chi connectivity index (χ3n) is 3.22. The van der Waals surface area contributed by atoms with Gasteiger partial charge in [-0.3, -0.25) is 9.69 Å². The molecule has 0 fully saturated rings. The highest BCUT2D eigenvalue weighted by Crippen LogP contribution is 2.38. The highest BCUT2D eigenvalue weighted by atomic mass is 35.5. The van der Waals surface area contributed by atoms with Crippen LogP contribution < -0.4 is 9.47 Å². The summed E-state index contributed by atoms with van der Waals surface area (Å²) in [7, 11) is 5.40. The minimum Gasteiger partial charge on any atom is -0.489 e. The van der Waals surface area contributed by atoms with E-state index in [2.05, 4.69) is 0 Å². The quantitative estimate of drug-likeness (QED) is 0.853. The van der Waals surface area contributed by atoms with Crippen molar-refractivity contribution in [3.8, 4) is 11.5 Å². The van der Waals surface area contributed by atoms with Gasteiger partial charge < -0.3 is 14.4 Å². The summed E-state index contributed by atoms with van der Waals surface area (Å²) in [6.45, 7) is 2.22. The second kappa shape index (κ2) is 7.00. The zero-order chi connectivity index (χ0) is 15.4. The average molecular weight is 313 g/mol. The lowest BCUT2D eigenvalue weighted by molar-refractivity contribution is -0.129. The van der Waals surface area contributed by atoms with Crippen LogP contribution in [-0.4, -0.2) is 56.6 Å². The first-order valence-corrected chi connectivity index (χ1v) is 7.32. The molecule has 6 heteroatoms. The van der Waals surface area contributed by atoms with Gasteiger partial charge in [0.2, 0.25) is 5.91 Å². The number of hydrogen-bond donors (Lipinski definition) is 0. The van der Waals surface area contributed by atoms with Crippen molar-refractivity contribution < 1.29 is 14.3 Å². The molecule has 1 aromatic carbocycles. The van der Waals surface area contributed by atoms with Gasteiger partial charge in [-0.25, -0.2) is 0 Å². The fourth-order valence-electron chi connectivity index (χ4n) is 2.12. The van der Waals surface area contributed by atoms with E-state index in [1.807, 2.05) is 24.1 Å². The minimum atomic E-state index is 0.0675. The maximum absolute atomic E-state index is 11.7. The number of nitrogens with zero attached hydrogens (tertiary/aromatic N) is 2. The van der Waals surface area contributed by atoms with Crippen molar-refractivity contribution in [1.29, 1.82) is 0 Å². The maximum atomic E-state index is 11.7. The molecule has 0 bridgehead atoms. The number of ether oxygens (including phenoxy) is 2. The molecule has 0 unspecified atom stereocenters. The number of likely N-dealkylation sites (N-methyl/N-ethyl adjacent to an activating group) is 2. The van der Waals surface area contributed by atoms with Gasteiger partial charge in [-0.05, 0) is 24.7 Å². The standard InChI is InChI=1S/C15H21ClN2O3/c1-17(2)14(19)10-18(3)9-11-7-12(16)15-13(8-11)20-5-4-6-21-15/h7-8H,4-6,9-10H2,1-3H3. The van der Waals surface area contributed by atoms with Gasteiger partial charge in [-0.2, -0.15) is 0 Å². The molecule has 21 heavy (non-hydrogen) atoms. The Morgan fingerprint density at radius 1 is 1.24 bits per heavy atom. The van der Waals surface area contributed by atoms with Gasteiger partial charge >= 0.3 is 0 Å².